The molecule has 4 rings (SSSR count). The molecule has 2 amide bonds. The summed E-state index contributed by atoms with van der Waals surface area (Å²) in [4.78, 5) is 29.1. The van der Waals surface area contributed by atoms with E-state index in [1.54, 1.807) is 36.4 Å². The highest BCUT2D eigenvalue weighted by atomic mass is 35.5. The number of sulfonamides is 1. The van der Waals surface area contributed by atoms with E-state index in [0.717, 1.165) is 15.4 Å². The Kier molecular flexibility index (Phi) is 10.9. The zero-order valence-corrected chi connectivity index (χ0v) is 26.9. The van der Waals surface area contributed by atoms with Gasteiger partial charge in [-0.3, -0.25) is 13.9 Å². The van der Waals surface area contributed by atoms with E-state index < -0.39 is 34.4 Å². The molecule has 1 unspecified atom stereocenters. The molecule has 4 aromatic rings. The fraction of sp³-hybridized carbons (Fsp3) is 0.212. The lowest BCUT2D eigenvalue weighted by atomic mass is 10.0. The number of benzene rings is 4. The maximum Gasteiger partial charge on any atom is 0.264 e. The summed E-state index contributed by atoms with van der Waals surface area (Å²) in [5.74, 6) is -0.677. The molecule has 230 valence electrons. The zero-order chi connectivity index (χ0) is 31.9. The van der Waals surface area contributed by atoms with Crippen molar-refractivity contribution >= 4 is 50.7 Å². The quantitative estimate of drug-likeness (QED) is 0.206. The Balaban J connectivity index is 1.82. The Hall–Kier alpha value is -4.05. The van der Waals surface area contributed by atoms with Crippen molar-refractivity contribution in [2.24, 2.45) is 0 Å². The van der Waals surface area contributed by atoms with Gasteiger partial charge in [0.05, 0.1) is 22.7 Å². The first-order valence-electron chi connectivity index (χ1n) is 13.8. The average molecular weight is 655 g/mol. The van der Waals surface area contributed by atoms with Gasteiger partial charge in [-0.25, -0.2) is 8.42 Å². The monoisotopic (exact) mass is 653 g/mol. The molecule has 1 N–H and O–H groups in total. The van der Waals surface area contributed by atoms with Gasteiger partial charge < -0.3 is 15.0 Å². The van der Waals surface area contributed by atoms with Crippen LogP contribution < -0.4 is 14.4 Å². The fourth-order valence-corrected chi connectivity index (χ4v) is 6.56. The van der Waals surface area contributed by atoms with Crippen molar-refractivity contribution < 1.29 is 22.7 Å². The Morgan fingerprint density at radius 2 is 1.55 bits per heavy atom. The van der Waals surface area contributed by atoms with Crippen LogP contribution in [0.3, 0.4) is 0 Å². The smallest absolute Gasteiger partial charge is 0.264 e. The summed E-state index contributed by atoms with van der Waals surface area (Å²) in [6, 6.07) is 26.1. The van der Waals surface area contributed by atoms with Gasteiger partial charge in [0, 0.05) is 25.0 Å². The number of hydrogen-bond donors (Lipinski definition) is 1. The van der Waals surface area contributed by atoms with Crippen LogP contribution in [0, 0.1) is 6.92 Å². The molecule has 4 aromatic carbocycles. The third-order valence-electron chi connectivity index (χ3n) is 7.13. The normalized spacial score (nSPS) is 11.8. The summed E-state index contributed by atoms with van der Waals surface area (Å²) in [6.45, 7) is 1.19. The largest absolute Gasteiger partial charge is 0.495 e. The maximum absolute atomic E-state index is 14.4. The first kappa shape index (κ1) is 32.9. The molecule has 1 atom stereocenters. The van der Waals surface area contributed by atoms with E-state index in [0.29, 0.717) is 16.3 Å². The number of ether oxygens (including phenoxy) is 1. The molecule has 0 spiro atoms. The molecular weight excluding hydrogens is 621 g/mol. The number of methoxy groups -OCH3 is 1. The first-order chi connectivity index (χ1) is 21.0. The number of carbonyl (C=O) groups excluding carboxylic acids is 2. The molecule has 0 heterocycles. The van der Waals surface area contributed by atoms with Crippen molar-refractivity contribution in [2.75, 3.05) is 25.0 Å². The number of amides is 2. The van der Waals surface area contributed by atoms with E-state index in [1.807, 2.05) is 37.3 Å². The second-order valence-corrected chi connectivity index (χ2v) is 12.8. The van der Waals surface area contributed by atoms with E-state index in [1.165, 1.54) is 49.4 Å². The SMILES string of the molecule is CNC(=O)C(Cc1ccccc1)N(Cc1ccccc1Cl)C(=O)CN(c1ccc(OC)c(Cl)c1)S(=O)(=O)c1ccc(C)cc1. The minimum Gasteiger partial charge on any atom is -0.495 e. The van der Waals surface area contributed by atoms with Crippen molar-refractivity contribution in [3.05, 3.63) is 124 Å². The Labute approximate surface area is 268 Å². The maximum atomic E-state index is 14.4. The molecule has 44 heavy (non-hydrogen) atoms. The highest BCUT2D eigenvalue weighted by Gasteiger charge is 2.34. The number of nitrogens with one attached hydrogen (secondary N) is 1. The van der Waals surface area contributed by atoms with Crippen LogP contribution in [-0.2, 0) is 32.6 Å². The summed E-state index contributed by atoms with van der Waals surface area (Å²) >= 11 is 12.9. The second-order valence-electron chi connectivity index (χ2n) is 10.1. The Morgan fingerprint density at radius 1 is 0.886 bits per heavy atom. The number of halogens is 2. The lowest BCUT2D eigenvalue weighted by molar-refractivity contribution is -0.139. The van der Waals surface area contributed by atoms with Gasteiger partial charge in [-0.1, -0.05) is 89.4 Å². The molecule has 0 aliphatic rings. The first-order valence-corrected chi connectivity index (χ1v) is 16.0. The molecule has 0 saturated carbocycles. The van der Waals surface area contributed by atoms with Gasteiger partial charge in [-0.05, 0) is 54.4 Å². The molecule has 0 saturated heterocycles. The predicted octanol–water partition coefficient (Wildman–Crippen LogP) is 5.89. The van der Waals surface area contributed by atoms with Gasteiger partial charge >= 0.3 is 0 Å². The number of rotatable bonds is 12. The van der Waals surface area contributed by atoms with Crippen molar-refractivity contribution in [1.82, 2.24) is 10.2 Å². The summed E-state index contributed by atoms with van der Waals surface area (Å²) in [5.41, 5.74) is 2.45. The number of likely N-dealkylation sites (N-methyl/N-ethyl adjacent to an activating group) is 1. The molecular formula is C33H33Cl2N3O5S. The minimum atomic E-state index is -4.27. The van der Waals surface area contributed by atoms with Gasteiger partial charge in [0.15, 0.2) is 0 Å². The molecule has 0 aliphatic heterocycles. The summed E-state index contributed by atoms with van der Waals surface area (Å²) in [7, 11) is -1.33. The molecule has 8 nitrogen and oxygen atoms in total. The van der Waals surface area contributed by atoms with Crippen LogP contribution in [0.2, 0.25) is 10.0 Å². The minimum absolute atomic E-state index is 0.00682. The standard InChI is InChI=1S/C33H33Cl2N3O5S/c1-23-13-16-27(17-14-23)44(41,42)38(26-15-18-31(43-3)29(35)20-26)22-32(39)37(21-25-11-7-8-12-28(25)34)30(33(40)36-2)19-24-9-5-4-6-10-24/h4-18,20,30H,19,21-22H2,1-3H3,(H,36,40). The number of hydrogen-bond acceptors (Lipinski definition) is 5. The van der Waals surface area contributed by atoms with Gasteiger partial charge in [0.2, 0.25) is 11.8 Å². The lowest BCUT2D eigenvalue weighted by Crippen LogP contribution is -2.53. The molecule has 11 heteroatoms. The molecule has 0 radical (unpaired) electrons. The number of anilines is 1. The van der Waals surface area contributed by atoms with E-state index in [2.05, 4.69) is 5.32 Å². The van der Waals surface area contributed by atoms with Crippen LogP contribution in [0.5, 0.6) is 5.75 Å². The van der Waals surface area contributed by atoms with Crippen molar-refractivity contribution in [2.45, 2.75) is 30.8 Å². The van der Waals surface area contributed by atoms with Crippen molar-refractivity contribution in [3.8, 4) is 5.75 Å². The fourth-order valence-electron chi connectivity index (χ4n) is 4.71. The van der Waals surface area contributed by atoms with Gasteiger partial charge in [0.25, 0.3) is 10.0 Å². The summed E-state index contributed by atoms with van der Waals surface area (Å²) in [6.07, 6.45) is 0.190. The highest BCUT2D eigenvalue weighted by molar-refractivity contribution is 7.92. The van der Waals surface area contributed by atoms with Gasteiger partial charge in [-0.15, -0.1) is 0 Å². The molecule has 0 aliphatic carbocycles. The van der Waals surface area contributed by atoms with Crippen LogP contribution in [0.15, 0.2) is 102 Å². The second kappa shape index (κ2) is 14.6. The zero-order valence-electron chi connectivity index (χ0n) is 24.5. The molecule has 0 fully saturated rings. The summed E-state index contributed by atoms with van der Waals surface area (Å²) in [5, 5.41) is 3.24. The number of aryl methyl sites for hydroxylation is 1. The topological polar surface area (TPSA) is 96.0 Å². The summed E-state index contributed by atoms with van der Waals surface area (Å²) < 4.78 is 34.5. The van der Waals surface area contributed by atoms with Crippen molar-refractivity contribution in [3.63, 3.8) is 0 Å². The predicted molar refractivity (Wildman–Crippen MR) is 174 cm³/mol. The van der Waals surface area contributed by atoms with Crippen LogP contribution in [-0.4, -0.2) is 51.9 Å². The average Bonchev–Trinajstić information content (AvgIpc) is 3.02. The van der Waals surface area contributed by atoms with Crippen LogP contribution in [0.1, 0.15) is 16.7 Å². The molecule has 0 aromatic heterocycles. The van der Waals surface area contributed by atoms with E-state index in [4.69, 9.17) is 27.9 Å². The van der Waals surface area contributed by atoms with Crippen molar-refractivity contribution in [1.29, 1.82) is 0 Å². The number of carbonyl (C=O) groups is 2. The third-order valence-corrected chi connectivity index (χ3v) is 9.58. The van der Waals surface area contributed by atoms with Crippen LogP contribution in [0.25, 0.3) is 0 Å². The Morgan fingerprint density at radius 3 is 2.16 bits per heavy atom. The lowest BCUT2D eigenvalue weighted by Gasteiger charge is -2.33. The van der Waals surface area contributed by atoms with Crippen LogP contribution in [0.4, 0.5) is 5.69 Å². The Bertz CT molecular complexity index is 1720. The van der Waals surface area contributed by atoms with E-state index in [9.17, 15) is 18.0 Å². The molecule has 0 bridgehead atoms. The van der Waals surface area contributed by atoms with E-state index in [-0.39, 0.29) is 28.6 Å². The highest BCUT2D eigenvalue weighted by Crippen LogP contribution is 2.32. The van der Waals surface area contributed by atoms with Crippen LogP contribution >= 0.6 is 23.2 Å². The van der Waals surface area contributed by atoms with E-state index >= 15 is 0 Å². The van der Waals surface area contributed by atoms with Gasteiger partial charge in [0.1, 0.15) is 18.3 Å². The third kappa shape index (κ3) is 7.72. The van der Waals surface area contributed by atoms with Gasteiger partial charge in [-0.2, -0.15) is 0 Å². The number of nitrogens with zero attached hydrogens (tertiary/aromatic N) is 2.